The lowest BCUT2D eigenvalue weighted by molar-refractivity contribution is 0.0262. The van der Waals surface area contributed by atoms with Crippen molar-refractivity contribution >= 4 is 6.09 Å². The number of rotatable bonds is 3. The van der Waals surface area contributed by atoms with Crippen molar-refractivity contribution in [2.24, 2.45) is 11.8 Å². The molecule has 0 bridgehead atoms. The Labute approximate surface area is 90.5 Å². The van der Waals surface area contributed by atoms with Crippen LogP contribution in [0.5, 0.6) is 0 Å². The van der Waals surface area contributed by atoms with E-state index in [1.54, 1.807) is 11.9 Å². The number of nitrogens with two attached hydrogens (primary N) is 1. The quantitative estimate of drug-likeness (QED) is 0.718. The Hall–Kier alpha value is -0.810. The highest BCUT2D eigenvalue weighted by molar-refractivity contribution is 5.68. The third-order valence-corrected chi connectivity index (χ3v) is 2.37. The minimum atomic E-state index is -0.444. The van der Waals surface area contributed by atoms with Crippen LogP contribution >= 0.6 is 0 Å². The Morgan fingerprint density at radius 2 is 2.13 bits per heavy atom. The summed E-state index contributed by atoms with van der Waals surface area (Å²) in [6, 6.07) is 0.211. The fraction of sp³-hybridized carbons (Fsp3) is 0.900. The molecule has 0 spiro atoms. The molecule has 0 heterocycles. The largest absolute Gasteiger partial charge is 0.444 e. The van der Waals surface area contributed by atoms with Crippen molar-refractivity contribution < 1.29 is 14.4 Å². The van der Waals surface area contributed by atoms with Crippen LogP contribution in [0.3, 0.4) is 0 Å². The SMILES string of the molecule is CN(C(=O)OC(C)(C)C)[C@@H]1C[C@H]1CON. The number of ether oxygens (including phenoxy) is 1. The van der Waals surface area contributed by atoms with Gasteiger partial charge in [-0.25, -0.2) is 10.7 Å². The van der Waals surface area contributed by atoms with E-state index in [4.69, 9.17) is 10.6 Å². The molecular weight excluding hydrogens is 196 g/mol. The molecule has 5 nitrogen and oxygen atoms in total. The van der Waals surface area contributed by atoms with Crippen LogP contribution in [0.4, 0.5) is 4.79 Å². The van der Waals surface area contributed by atoms with Gasteiger partial charge < -0.3 is 14.5 Å². The molecule has 88 valence electrons. The number of hydrogen-bond donors (Lipinski definition) is 1. The monoisotopic (exact) mass is 216 g/mol. The van der Waals surface area contributed by atoms with Crippen LogP contribution in [0.15, 0.2) is 0 Å². The van der Waals surface area contributed by atoms with E-state index in [-0.39, 0.29) is 12.1 Å². The van der Waals surface area contributed by atoms with Crippen molar-refractivity contribution in [3.8, 4) is 0 Å². The van der Waals surface area contributed by atoms with E-state index in [0.717, 1.165) is 6.42 Å². The van der Waals surface area contributed by atoms with E-state index in [0.29, 0.717) is 12.5 Å². The first kappa shape index (κ1) is 12.3. The summed E-state index contributed by atoms with van der Waals surface area (Å²) in [5.74, 6) is 5.33. The van der Waals surface area contributed by atoms with Gasteiger partial charge in [0.2, 0.25) is 0 Å². The van der Waals surface area contributed by atoms with Gasteiger partial charge in [-0.05, 0) is 27.2 Å². The van der Waals surface area contributed by atoms with Gasteiger partial charge in [-0.2, -0.15) is 0 Å². The molecule has 5 heteroatoms. The van der Waals surface area contributed by atoms with Gasteiger partial charge in [0.05, 0.1) is 6.61 Å². The molecule has 1 fully saturated rings. The fourth-order valence-corrected chi connectivity index (χ4v) is 1.48. The van der Waals surface area contributed by atoms with Crippen molar-refractivity contribution in [2.45, 2.75) is 38.8 Å². The molecule has 1 rings (SSSR count). The second-order valence-electron chi connectivity index (χ2n) is 4.99. The second-order valence-corrected chi connectivity index (χ2v) is 4.99. The maximum atomic E-state index is 11.6. The predicted molar refractivity (Wildman–Crippen MR) is 56.0 cm³/mol. The van der Waals surface area contributed by atoms with Crippen molar-refractivity contribution in [1.82, 2.24) is 4.90 Å². The molecule has 1 saturated carbocycles. The molecule has 2 atom stereocenters. The lowest BCUT2D eigenvalue weighted by Gasteiger charge is -2.24. The zero-order chi connectivity index (χ0) is 11.6. The first-order chi connectivity index (χ1) is 6.85. The molecule has 0 radical (unpaired) electrons. The van der Waals surface area contributed by atoms with Crippen LogP contribution in [0, 0.1) is 5.92 Å². The van der Waals surface area contributed by atoms with Gasteiger partial charge in [-0.1, -0.05) is 0 Å². The molecular formula is C10H20N2O3. The third kappa shape index (κ3) is 3.68. The van der Waals surface area contributed by atoms with Gasteiger partial charge in [0.1, 0.15) is 5.60 Å². The molecule has 0 aromatic heterocycles. The Balaban J connectivity index is 2.35. The minimum Gasteiger partial charge on any atom is -0.444 e. The maximum Gasteiger partial charge on any atom is 0.410 e. The topological polar surface area (TPSA) is 64.8 Å². The summed E-state index contributed by atoms with van der Waals surface area (Å²) in [4.78, 5) is 17.8. The average molecular weight is 216 g/mol. The summed E-state index contributed by atoms with van der Waals surface area (Å²) in [6.07, 6.45) is 0.652. The highest BCUT2D eigenvalue weighted by Crippen LogP contribution is 2.35. The Morgan fingerprint density at radius 1 is 1.53 bits per heavy atom. The van der Waals surface area contributed by atoms with E-state index in [1.807, 2.05) is 20.8 Å². The van der Waals surface area contributed by atoms with Crippen LogP contribution in [-0.4, -0.2) is 36.3 Å². The zero-order valence-corrected chi connectivity index (χ0v) is 9.82. The number of carbonyl (C=O) groups is 1. The summed E-state index contributed by atoms with van der Waals surface area (Å²) < 4.78 is 5.24. The molecule has 1 aliphatic carbocycles. The second kappa shape index (κ2) is 4.37. The van der Waals surface area contributed by atoms with E-state index in [1.165, 1.54) is 0 Å². The normalized spacial score (nSPS) is 24.9. The molecule has 15 heavy (non-hydrogen) atoms. The maximum absolute atomic E-state index is 11.6. The van der Waals surface area contributed by atoms with Crippen LogP contribution in [0.2, 0.25) is 0 Å². The van der Waals surface area contributed by atoms with Crippen LogP contribution in [-0.2, 0) is 9.57 Å². The molecule has 2 N–H and O–H groups in total. The lowest BCUT2D eigenvalue weighted by atomic mass is 10.2. The first-order valence-corrected chi connectivity index (χ1v) is 5.12. The minimum absolute atomic E-state index is 0.211. The summed E-state index contributed by atoms with van der Waals surface area (Å²) in [5, 5.41) is 0. The Morgan fingerprint density at radius 3 is 2.60 bits per heavy atom. The van der Waals surface area contributed by atoms with Gasteiger partial charge in [0.25, 0.3) is 0 Å². The third-order valence-electron chi connectivity index (χ3n) is 2.37. The zero-order valence-electron chi connectivity index (χ0n) is 9.82. The van der Waals surface area contributed by atoms with Crippen molar-refractivity contribution in [3.05, 3.63) is 0 Å². The summed E-state index contributed by atoms with van der Waals surface area (Å²) >= 11 is 0. The smallest absolute Gasteiger partial charge is 0.410 e. The number of hydrogen-bond acceptors (Lipinski definition) is 4. The van der Waals surface area contributed by atoms with Gasteiger partial charge in [0, 0.05) is 19.0 Å². The predicted octanol–water partition coefficient (Wildman–Crippen LogP) is 1.13. The van der Waals surface area contributed by atoms with Crippen molar-refractivity contribution in [2.75, 3.05) is 13.7 Å². The summed E-state index contributed by atoms with van der Waals surface area (Å²) in [5.41, 5.74) is -0.444. The van der Waals surface area contributed by atoms with E-state index in [2.05, 4.69) is 4.84 Å². The molecule has 0 saturated heterocycles. The number of carbonyl (C=O) groups excluding carboxylic acids is 1. The highest BCUT2D eigenvalue weighted by atomic mass is 16.6. The molecule has 1 aliphatic rings. The van der Waals surface area contributed by atoms with Crippen molar-refractivity contribution in [1.29, 1.82) is 0 Å². The van der Waals surface area contributed by atoms with Gasteiger partial charge in [-0.3, -0.25) is 0 Å². The molecule has 0 aromatic carbocycles. The van der Waals surface area contributed by atoms with Gasteiger partial charge in [-0.15, -0.1) is 0 Å². The summed E-state index contributed by atoms with van der Waals surface area (Å²) in [6.45, 7) is 6.06. The molecule has 0 aliphatic heterocycles. The van der Waals surface area contributed by atoms with E-state index in [9.17, 15) is 4.79 Å². The number of amides is 1. The number of nitrogens with zero attached hydrogens (tertiary/aromatic N) is 1. The summed E-state index contributed by atoms with van der Waals surface area (Å²) in [7, 11) is 1.75. The molecule has 1 amide bonds. The standard InChI is InChI=1S/C10H20N2O3/c1-10(2,3)15-9(13)12(4)8-5-7(8)6-14-11/h7-8H,5-6,11H2,1-4H3/t7-,8+/m0/s1. The van der Waals surface area contributed by atoms with E-state index < -0.39 is 5.60 Å². The average Bonchev–Trinajstić information content (AvgIpc) is 2.80. The van der Waals surface area contributed by atoms with Gasteiger partial charge >= 0.3 is 6.09 Å². The van der Waals surface area contributed by atoms with E-state index >= 15 is 0 Å². The first-order valence-electron chi connectivity index (χ1n) is 5.12. The van der Waals surface area contributed by atoms with Crippen LogP contribution in [0.1, 0.15) is 27.2 Å². The van der Waals surface area contributed by atoms with Gasteiger partial charge in [0.15, 0.2) is 0 Å². The molecule has 0 unspecified atom stereocenters. The lowest BCUT2D eigenvalue weighted by Crippen LogP contribution is -2.36. The molecule has 0 aromatic rings. The Bertz CT molecular complexity index is 237. The highest BCUT2D eigenvalue weighted by Gasteiger charge is 2.43. The van der Waals surface area contributed by atoms with Crippen LogP contribution in [0.25, 0.3) is 0 Å². The Kier molecular flexibility index (Phi) is 3.57. The fourth-order valence-electron chi connectivity index (χ4n) is 1.48. The van der Waals surface area contributed by atoms with Crippen molar-refractivity contribution in [3.63, 3.8) is 0 Å². The van der Waals surface area contributed by atoms with Crippen LogP contribution < -0.4 is 5.90 Å².